The number of piperidine rings is 1. The average Bonchev–Trinajstić information content (AvgIpc) is 3.43. The van der Waals surface area contributed by atoms with Gasteiger partial charge in [-0.05, 0) is 50.1 Å². The van der Waals surface area contributed by atoms with Gasteiger partial charge in [-0.15, -0.1) is 11.3 Å². The zero-order chi connectivity index (χ0) is 23.8. The quantitative estimate of drug-likeness (QED) is 0.506. The first-order chi connectivity index (χ1) is 15.6. The Kier molecular flexibility index (Phi) is 6.90. The molecule has 0 aliphatic carbocycles. The van der Waals surface area contributed by atoms with Crippen molar-refractivity contribution in [3.63, 3.8) is 0 Å². The standard InChI is InChI=1S/C22H25ClN4O4S2/c1-13(2)22-25-20(26-31-22)18-12-19(14(3)32-18)33(29,30)27-10-8-15(9-11-27)21(28)24-17-6-4-16(23)5-7-17/h4-7,12-13,15H,8-11H2,1-3H3,(H,24,28). The summed E-state index contributed by atoms with van der Waals surface area (Å²) < 4.78 is 33.3. The number of benzene rings is 1. The fourth-order valence-corrected chi connectivity index (χ4v) is 6.76. The van der Waals surface area contributed by atoms with Crippen LogP contribution in [0.2, 0.25) is 5.02 Å². The minimum atomic E-state index is -3.69. The molecule has 1 amide bonds. The van der Waals surface area contributed by atoms with Crippen molar-refractivity contribution in [2.75, 3.05) is 18.4 Å². The van der Waals surface area contributed by atoms with Gasteiger partial charge in [0.15, 0.2) is 0 Å². The molecule has 1 saturated heterocycles. The number of sulfonamides is 1. The number of hydrogen-bond donors (Lipinski definition) is 1. The van der Waals surface area contributed by atoms with E-state index in [9.17, 15) is 13.2 Å². The molecule has 8 nitrogen and oxygen atoms in total. The molecule has 1 aliphatic rings. The third-order valence-corrected chi connectivity index (χ3v) is 9.04. The molecule has 0 atom stereocenters. The van der Waals surface area contributed by atoms with E-state index in [0.717, 1.165) is 0 Å². The second kappa shape index (κ2) is 9.54. The summed E-state index contributed by atoms with van der Waals surface area (Å²) in [4.78, 5) is 18.6. The van der Waals surface area contributed by atoms with E-state index < -0.39 is 10.0 Å². The molecular weight excluding hydrogens is 484 g/mol. The van der Waals surface area contributed by atoms with Crippen LogP contribution >= 0.6 is 22.9 Å². The van der Waals surface area contributed by atoms with Crippen molar-refractivity contribution in [1.29, 1.82) is 0 Å². The van der Waals surface area contributed by atoms with E-state index >= 15 is 0 Å². The van der Waals surface area contributed by atoms with Gasteiger partial charge in [0, 0.05) is 40.5 Å². The van der Waals surface area contributed by atoms with Crippen LogP contribution in [0.25, 0.3) is 10.7 Å². The van der Waals surface area contributed by atoms with Crippen LogP contribution in [0.5, 0.6) is 0 Å². The number of rotatable bonds is 6. The van der Waals surface area contributed by atoms with Crippen molar-refractivity contribution in [1.82, 2.24) is 14.4 Å². The van der Waals surface area contributed by atoms with E-state index in [2.05, 4.69) is 15.5 Å². The highest BCUT2D eigenvalue weighted by molar-refractivity contribution is 7.89. The lowest BCUT2D eigenvalue weighted by Crippen LogP contribution is -2.41. The van der Waals surface area contributed by atoms with Crippen LogP contribution in [0.15, 0.2) is 39.8 Å². The van der Waals surface area contributed by atoms with E-state index in [0.29, 0.717) is 45.0 Å². The molecule has 33 heavy (non-hydrogen) atoms. The third kappa shape index (κ3) is 5.13. The first-order valence-corrected chi connectivity index (χ1v) is 13.3. The first kappa shape index (κ1) is 23.9. The zero-order valence-corrected chi connectivity index (χ0v) is 20.9. The van der Waals surface area contributed by atoms with Crippen LogP contribution in [0.3, 0.4) is 0 Å². The Morgan fingerprint density at radius 1 is 1.24 bits per heavy atom. The Morgan fingerprint density at radius 3 is 2.52 bits per heavy atom. The van der Waals surface area contributed by atoms with Crippen molar-refractivity contribution in [2.45, 2.75) is 44.4 Å². The molecule has 1 aromatic carbocycles. The molecule has 1 N–H and O–H groups in total. The van der Waals surface area contributed by atoms with Gasteiger partial charge >= 0.3 is 0 Å². The van der Waals surface area contributed by atoms with Gasteiger partial charge in [0.2, 0.25) is 27.6 Å². The highest BCUT2D eigenvalue weighted by Gasteiger charge is 2.34. The summed E-state index contributed by atoms with van der Waals surface area (Å²) in [5, 5.41) is 7.46. The number of nitrogens with one attached hydrogen (secondary N) is 1. The molecule has 1 fully saturated rings. The average molecular weight is 509 g/mol. The molecule has 1 aliphatic heterocycles. The van der Waals surface area contributed by atoms with Crippen molar-refractivity contribution in [2.24, 2.45) is 5.92 Å². The zero-order valence-electron chi connectivity index (χ0n) is 18.5. The molecule has 3 aromatic rings. The van der Waals surface area contributed by atoms with E-state index in [1.54, 1.807) is 37.3 Å². The molecule has 11 heteroatoms. The lowest BCUT2D eigenvalue weighted by atomic mass is 9.97. The summed E-state index contributed by atoms with van der Waals surface area (Å²) in [5.74, 6) is 0.639. The number of carbonyl (C=O) groups is 1. The predicted octanol–water partition coefficient (Wildman–Crippen LogP) is 4.92. The van der Waals surface area contributed by atoms with Crippen molar-refractivity contribution in [3.8, 4) is 10.7 Å². The minimum absolute atomic E-state index is 0.0914. The summed E-state index contributed by atoms with van der Waals surface area (Å²) in [6.45, 7) is 6.24. The monoisotopic (exact) mass is 508 g/mol. The molecule has 2 aromatic heterocycles. The van der Waals surface area contributed by atoms with Gasteiger partial charge in [-0.3, -0.25) is 4.79 Å². The van der Waals surface area contributed by atoms with E-state index in [-0.39, 0.29) is 35.7 Å². The predicted molar refractivity (Wildman–Crippen MR) is 128 cm³/mol. The van der Waals surface area contributed by atoms with Gasteiger partial charge in [-0.2, -0.15) is 9.29 Å². The van der Waals surface area contributed by atoms with Gasteiger partial charge < -0.3 is 9.84 Å². The fraction of sp³-hybridized carbons (Fsp3) is 0.409. The number of anilines is 1. The molecule has 0 radical (unpaired) electrons. The van der Waals surface area contributed by atoms with Gasteiger partial charge in [0.25, 0.3) is 0 Å². The Hall–Kier alpha value is -2.27. The molecule has 176 valence electrons. The maximum Gasteiger partial charge on any atom is 0.244 e. The number of aromatic nitrogens is 2. The number of thiophene rings is 1. The number of nitrogens with zero attached hydrogens (tertiary/aromatic N) is 3. The Labute approximate surface area is 202 Å². The molecular formula is C22H25ClN4O4S2. The molecule has 0 bridgehead atoms. The van der Waals surface area contributed by atoms with Crippen LogP contribution in [-0.2, 0) is 14.8 Å². The molecule has 4 rings (SSSR count). The number of halogens is 1. The SMILES string of the molecule is Cc1sc(-c2noc(C(C)C)n2)cc1S(=O)(=O)N1CCC(C(=O)Nc2ccc(Cl)cc2)CC1. The van der Waals surface area contributed by atoms with Crippen molar-refractivity contribution in [3.05, 3.63) is 46.1 Å². The third-order valence-electron chi connectivity index (χ3n) is 5.58. The summed E-state index contributed by atoms with van der Waals surface area (Å²) >= 11 is 7.21. The van der Waals surface area contributed by atoms with Crippen LogP contribution < -0.4 is 5.32 Å². The molecule has 3 heterocycles. The summed E-state index contributed by atoms with van der Waals surface area (Å²) in [5.41, 5.74) is 0.669. The lowest BCUT2D eigenvalue weighted by molar-refractivity contribution is -0.120. The lowest BCUT2D eigenvalue weighted by Gasteiger charge is -2.30. The molecule has 0 saturated carbocycles. The second-order valence-corrected chi connectivity index (χ2v) is 11.9. The Morgan fingerprint density at radius 2 is 1.91 bits per heavy atom. The second-order valence-electron chi connectivity index (χ2n) is 8.32. The largest absolute Gasteiger partial charge is 0.339 e. The van der Waals surface area contributed by atoms with Gasteiger partial charge in [-0.25, -0.2) is 8.42 Å². The van der Waals surface area contributed by atoms with E-state index in [4.69, 9.17) is 16.1 Å². The van der Waals surface area contributed by atoms with Gasteiger partial charge in [-0.1, -0.05) is 30.6 Å². The Balaban J connectivity index is 1.43. The molecule has 0 unspecified atom stereocenters. The highest BCUT2D eigenvalue weighted by atomic mass is 35.5. The normalized spacial score (nSPS) is 15.8. The Bertz CT molecular complexity index is 1240. The highest BCUT2D eigenvalue weighted by Crippen LogP contribution is 2.35. The topological polar surface area (TPSA) is 105 Å². The smallest absolute Gasteiger partial charge is 0.244 e. The summed E-state index contributed by atoms with van der Waals surface area (Å²) in [6.07, 6.45) is 0.911. The van der Waals surface area contributed by atoms with Gasteiger partial charge in [0.05, 0.1) is 9.77 Å². The first-order valence-electron chi connectivity index (χ1n) is 10.7. The van der Waals surface area contributed by atoms with Crippen LogP contribution in [0.4, 0.5) is 5.69 Å². The van der Waals surface area contributed by atoms with Crippen molar-refractivity contribution >= 4 is 44.6 Å². The summed E-state index contributed by atoms with van der Waals surface area (Å²) in [7, 11) is -3.69. The number of carbonyl (C=O) groups excluding carboxylic acids is 1. The fourth-order valence-electron chi connectivity index (χ4n) is 3.68. The van der Waals surface area contributed by atoms with Crippen molar-refractivity contribution < 1.29 is 17.7 Å². The van der Waals surface area contributed by atoms with E-state index in [1.807, 2.05) is 13.8 Å². The number of amides is 1. The molecule has 0 spiro atoms. The van der Waals surface area contributed by atoms with Crippen LogP contribution in [0.1, 0.15) is 43.4 Å². The number of hydrogen-bond acceptors (Lipinski definition) is 7. The maximum atomic E-state index is 13.3. The maximum absolute atomic E-state index is 13.3. The summed E-state index contributed by atoms with van der Waals surface area (Å²) in [6, 6.07) is 8.52. The van der Waals surface area contributed by atoms with Crippen LogP contribution in [0, 0.1) is 12.8 Å². The number of aryl methyl sites for hydroxylation is 1. The van der Waals surface area contributed by atoms with E-state index in [1.165, 1.54) is 15.6 Å². The van der Waals surface area contributed by atoms with Crippen LogP contribution in [-0.4, -0.2) is 41.9 Å². The minimum Gasteiger partial charge on any atom is -0.339 e. The van der Waals surface area contributed by atoms with Gasteiger partial charge in [0.1, 0.15) is 0 Å².